The predicted octanol–water partition coefficient (Wildman–Crippen LogP) is 3.86. The fraction of sp³-hybridized carbons (Fsp3) is 0.632. The maximum atomic E-state index is 12.9. The number of piperidine rings is 1. The van der Waals surface area contributed by atoms with Gasteiger partial charge in [0.15, 0.2) is 6.61 Å². The van der Waals surface area contributed by atoms with Crippen molar-refractivity contribution in [2.75, 3.05) is 26.2 Å². The van der Waals surface area contributed by atoms with Crippen molar-refractivity contribution >= 4 is 5.91 Å². The molecule has 1 aromatic rings. The fourth-order valence-electron chi connectivity index (χ4n) is 3.18. The monoisotopic (exact) mass is 372 g/mol. The Morgan fingerprint density at radius 1 is 1.27 bits per heavy atom. The second kappa shape index (κ2) is 9.80. The van der Waals surface area contributed by atoms with E-state index in [-0.39, 0.29) is 5.75 Å². The fourth-order valence-corrected chi connectivity index (χ4v) is 3.18. The lowest BCUT2D eigenvalue weighted by Gasteiger charge is -2.33. The number of alkyl halides is 3. The summed E-state index contributed by atoms with van der Waals surface area (Å²) in [6.45, 7) is 4.49. The van der Waals surface area contributed by atoms with E-state index >= 15 is 0 Å². The van der Waals surface area contributed by atoms with E-state index in [1.807, 2.05) is 0 Å². The van der Waals surface area contributed by atoms with Gasteiger partial charge in [-0.3, -0.25) is 4.79 Å². The largest absolute Gasteiger partial charge is 0.483 e. The zero-order valence-corrected chi connectivity index (χ0v) is 15.1. The summed E-state index contributed by atoms with van der Waals surface area (Å²) in [4.78, 5) is 14.2. The Morgan fingerprint density at radius 3 is 2.77 bits per heavy atom. The number of nitrogens with one attached hydrogen (secondary N) is 1. The molecule has 1 saturated heterocycles. The number of likely N-dealkylation sites (tertiary alicyclic amines) is 1. The summed E-state index contributed by atoms with van der Waals surface area (Å²) in [6, 6.07) is 5.52. The average molecular weight is 372 g/mol. The molecule has 1 aliphatic heterocycles. The molecule has 1 heterocycles. The molecule has 0 aliphatic carbocycles. The SMILES string of the molecule is CC1CCCCN1CCCCNC(=O)COc1ccccc1C(F)(F)F. The summed E-state index contributed by atoms with van der Waals surface area (Å²) in [5.74, 6) is -0.734. The number of hydrogen-bond donors (Lipinski definition) is 1. The van der Waals surface area contributed by atoms with Crippen LogP contribution in [0.3, 0.4) is 0 Å². The average Bonchev–Trinajstić information content (AvgIpc) is 2.60. The van der Waals surface area contributed by atoms with Gasteiger partial charge >= 0.3 is 6.18 Å². The molecule has 0 spiro atoms. The van der Waals surface area contributed by atoms with Crippen molar-refractivity contribution in [2.24, 2.45) is 0 Å². The highest BCUT2D eigenvalue weighted by Gasteiger charge is 2.34. The van der Waals surface area contributed by atoms with Crippen LogP contribution in [0.25, 0.3) is 0 Å². The van der Waals surface area contributed by atoms with Crippen molar-refractivity contribution in [3.05, 3.63) is 29.8 Å². The topological polar surface area (TPSA) is 41.6 Å². The van der Waals surface area contributed by atoms with Crippen LogP contribution in [0.2, 0.25) is 0 Å². The van der Waals surface area contributed by atoms with Gasteiger partial charge in [-0.2, -0.15) is 13.2 Å². The maximum absolute atomic E-state index is 12.9. The Morgan fingerprint density at radius 2 is 2.04 bits per heavy atom. The van der Waals surface area contributed by atoms with Gasteiger partial charge in [0, 0.05) is 12.6 Å². The molecule has 0 bridgehead atoms. The van der Waals surface area contributed by atoms with Crippen LogP contribution in [0.1, 0.15) is 44.6 Å². The standard InChI is InChI=1S/C19H27F3N2O2/c1-15-8-4-6-12-24(15)13-7-5-11-23-18(25)14-26-17-10-3-2-9-16(17)19(20,21)22/h2-3,9-10,15H,4-8,11-14H2,1H3,(H,23,25). The third kappa shape index (κ3) is 6.52. The maximum Gasteiger partial charge on any atom is 0.419 e. The predicted molar refractivity (Wildman–Crippen MR) is 94.1 cm³/mol. The summed E-state index contributed by atoms with van der Waals surface area (Å²) in [5.41, 5.74) is -0.872. The van der Waals surface area contributed by atoms with Crippen molar-refractivity contribution in [1.29, 1.82) is 0 Å². The molecule has 1 unspecified atom stereocenters. The Kier molecular flexibility index (Phi) is 7.75. The molecule has 1 fully saturated rings. The summed E-state index contributed by atoms with van der Waals surface area (Å²) < 4.78 is 43.6. The molecule has 1 N–H and O–H groups in total. The van der Waals surface area contributed by atoms with Crippen LogP contribution in [0.15, 0.2) is 24.3 Å². The number of halogens is 3. The number of rotatable bonds is 8. The first-order valence-electron chi connectivity index (χ1n) is 9.17. The lowest BCUT2D eigenvalue weighted by molar-refractivity contribution is -0.139. The Labute approximate surface area is 152 Å². The van der Waals surface area contributed by atoms with Gasteiger partial charge < -0.3 is 15.0 Å². The first kappa shape index (κ1) is 20.6. The molecule has 0 saturated carbocycles. The highest BCUT2D eigenvalue weighted by molar-refractivity contribution is 5.77. The highest BCUT2D eigenvalue weighted by Crippen LogP contribution is 2.35. The normalized spacial score (nSPS) is 18.5. The summed E-state index contributed by atoms with van der Waals surface area (Å²) in [5, 5.41) is 2.70. The minimum atomic E-state index is -4.50. The van der Waals surface area contributed by atoms with E-state index in [1.165, 1.54) is 37.5 Å². The van der Waals surface area contributed by atoms with Crippen molar-refractivity contribution < 1.29 is 22.7 Å². The van der Waals surface area contributed by atoms with E-state index in [0.717, 1.165) is 32.0 Å². The molecular formula is C19H27F3N2O2. The van der Waals surface area contributed by atoms with Crippen LogP contribution in [0, 0.1) is 0 Å². The summed E-state index contributed by atoms with van der Waals surface area (Å²) in [6.07, 6.45) is 1.12. The molecule has 7 heteroatoms. The first-order chi connectivity index (χ1) is 12.4. The van der Waals surface area contributed by atoms with E-state index in [2.05, 4.69) is 17.1 Å². The number of unbranched alkanes of at least 4 members (excludes halogenated alkanes) is 1. The van der Waals surface area contributed by atoms with Crippen LogP contribution < -0.4 is 10.1 Å². The van der Waals surface area contributed by atoms with Crippen molar-refractivity contribution in [2.45, 2.75) is 51.2 Å². The van der Waals surface area contributed by atoms with Gasteiger partial charge in [-0.1, -0.05) is 18.6 Å². The highest BCUT2D eigenvalue weighted by atomic mass is 19.4. The van der Waals surface area contributed by atoms with Gasteiger partial charge in [-0.15, -0.1) is 0 Å². The van der Waals surface area contributed by atoms with Crippen molar-refractivity contribution in [3.63, 3.8) is 0 Å². The number of benzene rings is 1. The smallest absolute Gasteiger partial charge is 0.419 e. The molecule has 26 heavy (non-hydrogen) atoms. The van der Waals surface area contributed by atoms with E-state index < -0.39 is 24.3 Å². The number of ether oxygens (including phenoxy) is 1. The van der Waals surface area contributed by atoms with Gasteiger partial charge in [-0.05, 0) is 57.8 Å². The van der Waals surface area contributed by atoms with E-state index in [9.17, 15) is 18.0 Å². The number of carbonyl (C=O) groups is 1. The zero-order valence-electron chi connectivity index (χ0n) is 15.1. The number of carbonyl (C=O) groups excluding carboxylic acids is 1. The second-order valence-electron chi connectivity index (χ2n) is 6.72. The molecule has 146 valence electrons. The number of hydrogen-bond acceptors (Lipinski definition) is 3. The van der Waals surface area contributed by atoms with Crippen LogP contribution in [-0.2, 0) is 11.0 Å². The van der Waals surface area contributed by atoms with Crippen LogP contribution >= 0.6 is 0 Å². The zero-order chi connectivity index (χ0) is 19.0. The van der Waals surface area contributed by atoms with Gasteiger partial charge in [0.25, 0.3) is 5.91 Å². The minimum absolute atomic E-state index is 0.325. The van der Waals surface area contributed by atoms with Gasteiger partial charge in [-0.25, -0.2) is 0 Å². The van der Waals surface area contributed by atoms with Crippen LogP contribution in [0.5, 0.6) is 5.75 Å². The molecule has 2 rings (SSSR count). The number of amides is 1. The lowest BCUT2D eigenvalue weighted by Crippen LogP contribution is -2.38. The molecule has 1 aromatic carbocycles. The molecule has 0 radical (unpaired) electrons. The molecule has 1 atom stereocenters. The quantitative estimate of drug-likeness (QED) is 0.705. The molecule has 1 amide bonds. The Bertz CT molecular complexity index is 578. The van der Waals surface area contributed by atoms with Crippen molar-refractivity contribution in [3.8, 4) is 5.75 Å². The van der Waals surface area contributed by atoms with Gasteiger partial charge in [0.2, 0.25) is 0 Å². The molecule has 1 aliphatic rings. The lowest BCUT2D eigenvalue weighted by atomic mass is 10.0. The second-order valence-corrected chi connectivity index (χ2v) is 6.72. The van der Waals surface area contributed by atoms with Gasteiger partial charge in [0.05, 0.1) is 5.56 Å². The first-order valence-corrected chi connectivity index (χ1v) is 9.17. The number of para-hydroxylation sites is 1. The van der Waals surface area contributed by atoms with E-state index in [4.69, 9.17) is 4.74 Å². The molecule has 0 aromatic heterocycles. The molecule has 4 nitrogen and oxygen atoms in total. The third-order valence-electron chi connectivity index (χ3n) is 4.69. The van der Waals surface area contributed by atoms with Gasteiger partial charge in [0.1, 0.15) is 5.75 Å². The van der Waals surface area contributed by atoms with Crippen LogP contribution in [0.4, 0.5) is 13.2 Å². The Balaban J connectivity index is 1.64. The minimum Gasteiger partial charge on any atom is -0.483 e. The van der Waals surface area contributed by atoms with E-state index in [0.29, 0.717) is 12.6 Å². The van der Waals surface area contributed by atoms with Crippen LogP contribution in [-0.4, -0.2) is 43.1 Å². The number of nitrogens with zero attached hydrogens (tertiary/aromatic N) is 1. The third-order valence-corrected chi connectivity index (χ3v) is 4.69. The molecular weight excluding hydrogens is 345 g/mol. The summed E-state index contributed by atoms with van der Waals surface area (Å²) >= 11 is 0. The Hall–Kier alpha value is -1.76. The van der Waals surface area contributed by atoms with Crippen molar-refractivity contribution in [1.82, 2.24) is 10.2 Å². The van der Waals surface area contributed by atoms with E-state index in [1.54, 1.807) is 0 Å². The summed E-state index contributed by atoms with van der Waals surface area (Å²) in [7, 11) is 0.